The number of imidazole rings is 1. The van der Waals surface area contributed by atoms with E-state index in [1.165, 1.54) is 10.9 Å². The Balaban J connectivity index is 1.81. The van der Waals surface area contributed by atoms with Crippen molar-refractivity contribution < 1.29 is 24.5 Å². The molecule has 1 aromatic carbocycles. The van der Waals surface area contributed by atoms with Gasteiger partial charge in [-0.2, -0.15) is 0 Å². The van der Waals surface area contributed by atoms with Crippen LogP contribution in [0.4, 0.5) is 19.4 Å². The fourth-order valence-corrected chi connectivity index (χ4v) is 2.99. The summed E-state index contributed by atoms with van der Waals surface area (Å²) < 4.78 is 66.8. The predicted molar refractivity (Wildman–Crippen MR) is 85.3 cm³/mol. The molecule has 142 valence electrons. The zero-order valence-electron chi connectivity index (χ0n) is 13.1. The second-order valence-electron chi connectivity index (χ2n) is 5.56. The summed E-state index contributed by atoms with van der Waals surface area (Å²) >= 11 is 0. The van der Waals surface area contributed by atoms with Crippen LogP contribution in [0, 0.1) is 0 Å². The summed E-state index contributed by atoms with van der Waals surface area (Å²) in [5.41, 5.74) is 0.464. The summed E-state index contributed by atoms with van der Waals surface area (Å²) in [4.78, 5) is 2.13. The average Bonchev–Trinajstić information content (AvgIpc) is 3.16. The first kappa shape index (κ1) is 18.3. The van der Waals surface area contributed by atoms with Crippen molar-refractivity contribution in [1.82, 2.24) is 24.5 Å². The van der Waals surface area contributed by atoms with Crippen LogP contribution in [-0.2, 0) is 13.1 Å². The van der Waals surface area contributed by atoms with Gasteiger partial charge in [-0.05, 0) is 12.1 Å². The van der Waals surface area contributed by atoms with E-state index in [-0.39, 0.29) is 24.5 Å². The van der Waals surface area contributed by atoms with Crippen LogP contribution >= 0.6 is 10.2 Å². The summed E-state index contributed by atoms with van der Waals surface area (Å²) in [5.74, 6) is 0.629. The summed E-state index contributed by atoms with van der Waals surface area (Å²) in [6, 6.07) is 2.53. The monoisotopic (exact) mass is 395 g/mol. The zero-order valence-corrected chi connectivity index (χ0v) is 14.0. The summed E-state index contributed by atoms with van der Waals surface area (Å²) in [6.07, 6.45) is 5.05. The molecule has 2 heterocycles. The van der Waals surface area contributed by atoms with E-state index in [0.29, 0.717) is 24.4 Å². The molecule has 0 aliphatic heterocycles. The second kappa shape index (κ2) is 5.51. The van der Waals surface area contributed by atoms with Gasteiger partial charge in [-0.3, -0.25) is 0 Å². The van der Waals surface area contributed by atoms with Gasteiger partial charge in [0, 0.05) is 24.4 Å². The van der Waals surface area contributed by atoms with Gasteiger partial charge in [0.2, 0.25) is 0 Å². The minimum Gasteiger partial charge on any atom is -0.396 e. The van der Waals surface area contributed by atoms with Crippen LogP contribution in [0.25, 0.3) is 11.3 Å². The lowest BCUT2D eigenvalue weighted by atomic mass is 10.2. The highest BCUT2D eigenvalue weighted by molar-refractivity contribution is 8.45. The Kier molecular flexibility index (Phi) is 3.88. The number of aliphatic hydroxyl groups excluding tert-OH is 1. The van der Waals surface area contributed by atoms with E-state index in [4.69, 9.17) is 5.11 Å². The topological polar surface area (TPSA) is 68.8 Å². The minimum absolute atomic E-state index is 0.0713. The highest BCUT2D eigenvalue weighted by Crippen LogP contribution is 3.02. The average molecular weight is 395 g/mol. The molecule has 0 saturated heterocycles. The Labute approximate surface area is 144 Å². The summed E-state index contributed by atoms with van der Waals surface area (Å²) in [7, 11) is -9.69. The summed E-state index contributed by atoms with van der Waals surface area (Å²) in [5, 5.41) is 16.7. The number of hydrogen-bond donors (Lipinski definition) is 1. The molecule has 0 amide bonds. The molecule has 0 aliphatic carbocycles. The molecule has 26 heavy (non-hydrogen) atoms. The van der Waals surface area contributed by atoms with E-state index in [9.17, 15) is 19.4 Å². The van der Waals surface area contributed by atoms with Gasteiger partial charge < -0.3 is 9.67 Å². The first-order valence-corrected chi connectivity index (χ1v) is 9.27. The molecule has 3 aromatic rings. The molecule has 0 saturated carbocycles. The van der Waals surface area contributed by atoms with E-state index < -0.39 is 15.1 Å². The minimum atomic E-state index is -9.69. The van der Waals surface area contributed by atoms with E-state index in [0.717, 1.165) is 12.1 Å². The van der Waals surface area contributed by atoms with Crippen LogP contribution in [0.2, 0.25) is 0 Å². The van der Waals surface area contributed by atoms with Gasteiger partial charge in [-0.25, -0.2) is 9.67 Å². The van der Waals surface area contributed by atoms with Crippen molar-refractivity contribution in [1.29, 1.82) is 0 Å². The predicted octanol–water partition coefficient (Wildman–Crippen LogP) is 3.84. The molecule has 0 bridgehead atoms. The molecule has 0 aliphatic rings. The summed E-state index contributed by atoms with van der Waals surface area (Å²) in [6.45, 7) is 0.157. The molecule has 12 heteroatoms. The lowest BCUT2D eigenvalue weighted by molar-refractivity contribution is 0.293. The fraction of sp³-hybridized carbons (Fsp3) is 0.214. The number of benzene rings is 1. The number of nitrogens with zero attached hydrogens (tertiary/aromatic N) is 5. The van der Waals surface area contributed by atoms with E-state index in [1.807, 2.05) is 0 Å². The Morgan fingerprint density at radius 2 is 1.73 bits per heavy atom. The SMILES string of the molecule is OCCc1nccn1Cn1cc(-c2ccc(S(F)(F)(F)(F)F)cc2)nn1. The van der Waals surface area contributed by atoms with Gasteiger partial charge in [0.1, 0.15) is 23.1 Å². The van der Waals surface area contributed by atoms with Crippen molar-refractivity contribution in [2.75, 3.05) is 6.61 Å². The fourth-order valence-electron chi connectivity index (χ4n) is 2.34. The Hall–Kier alpha value is -2.47. The molecule has 0 spiro atoms. The van der Waals surface area contributed by atoms with Gasteiger partial charge in [0.05, 0.1) is 12.8 Å². The lowest BCUT2D eigenvalue weighted by Crippen LogP contribution is -2.12. The van der Waals surface area contributed by atoms with Crippen molar-refractivity contribution in [2.45, 2.75) is 18.0 Å². The number of halogens is 5. The van der Waals surface area contributed by atoms with Gasteiger partial charge >= 0.3 is 10.2 Å². The molecule has 3 rings (SSSR count). The Bertz CT molecular complexity index is 920. The van der Waals surface area contributed by atoms with E-state index in [1.54, 1.807) is 17.0 Å². The van der Waals surface area contributed by atoms with E-state index in [2.05, 4.69) is 15.3 Å². The maximum Gasteiger partial charge on any atom is 0.310 e. The maximum absolute atomic E-state index is 12.7. The largest absolute Gasteiger partial charge is 0.396 e. The van der Waals surface area contributed by atoms with Gasteiger partial charge in [0.15, 0.2) is 0 Å². The zero-order chi connectivity index (χ0) is 19.1. The quantitative estimate of drug-likeness (QED) is 0.644. The standard InChI is InChI=1S/C14H14F5N5OS/c15-26(16,17,18,19)12-3-1-11(2-4-12)13-9-24(22-21-13)10-23-7-6-20-14(23)5-8-25/h1-4,6-7,9,25H,5,8,10H2. The molecule has 0 unspecified atom stereocenters. The third kappa shape index (κ3) is 4.02. The van der Waals surface area contributed by atoms with Crippen molar-refractivity contribution in [3.63, 3.8) is 0 Å². The molecule has 0 fully saturated rings. The van der Waals surface area contributed by atoms with Gasteiger partial charge in [-0.1, -0.05) is 36.8 Å². The third-order valence-corrected chi connectivity index (χ3v) is 4.73. The number of hydrogen-bond acceptors (Lipinski definition) is 4. The highest BCUT2D eigenvalue weighted by Gasteiger charge is 2.65. The normalized spacial score (nSPS) is 14.8. The molecule has 6 nitrogen and oxygen atoms in total. The Morgan fingerprint density at radius 3 is 2.35 bits per heavy atom. The van der Waals surface area contributed by atoms with Crippen molar-refractivity contribution in [3.8, 4) is 11.3 Å². The van der Waals surface area contributed by atoms with Crippen LogP contribution in [0.1, 0.15) is 5.82 Å². The molecule has 2 aromatic heterocycles. The molecule has 0 radical (unpaired) electrons. The van der Waals surface area contributed by atoms with Crippen LogP contribution in [0.15, 0.2) is 47.8 Å². The van der Waals surface area contributed by atoms with Crippen LogP contribution < -0.4 is 0 Å². The van der Waals surface area contributed by atoms with Crippen molar-refractivity contribution >= 4 is 10.2 Å². The maximum atomic E-state index is 12.7. The van der Waals surface area contributed by atoms with Crippen molar-refractivity contribution in [3.05, 3.63) is 48.7 Å². The van der Waals surface area contributed by atoms with Crippen LogP contribution in [-0.4, -0.2) is 36.3 Å². The highest BCUT2D eigenvalue weighted by atomic mass is 32.5. The Morgan fingerprint density at radius 1 is 1.04 bits per heavy atom. The number of aromatic nitrogens is 5. The van der Waals surface area contributed by atoms with Gasteiger partial charge in [-0.15, -0.1) is 5.10 Å². The van der Waals surface area contributed by atoms with Crippen LogP contribution in [0.5, 0.6) is 0 Å². The van der Waals surface area contributed by atoms with Crippen LogP contribution in [0.3, 0.4) is 0 Å². The third-order valence-electron chi connectivity index (χ3n) is 3.57. The first-order chi connectivity index (χ1) is 12.0. The van der Waals surface area contributed by atoms with Crippen molar-refractivity contribution in [2.24, 2.45) is 0 Å². The van der Waals surface area contributed by atoms with Gasteiger partial charge in [0.25, 0.3) is 0 Å². The molecular weight excluding hydrogens is 381 g/mol. The molecular formula is C14H14F5N5OS. The molecule has 1 N–H and O–H groups in total. The molecule has 0 atom stereocenters. The smallest absolute Gasteiger partial charge is 0.310 e. The number of rotatable bonds is 6. The first-order valence-electron chi connectivity index (χ1n) is 7.32. The van der Waals surface area contributed by atoms with E-state index >= 15 is 0 Å². The number of aliphatic hydroxyl groups is 1. The second-order valence-corrected chi connectivity index (χ2v) is 7.97. The lowest BCUT2D eigenvalue weighted by Gasteiger charge is -2.40.